The molecule has 0 aliphatic heterocycles. The van der Waals surface area contributed by atoms with Crippen molar-refractivity contribution in [1.82, 2.24) is 16.0 Å². The number of hydrogen-bond acceptors (Lipinski definition) is 7. The van der Waals surface area contributed by atoms with Crippen molar-refractivity contribution in [2.45, 2.75) is 76.5 Å². The van der Waals surface area contributed by atoms with Crippen molar-refractivity contribution < 1.29 is 29.1 Å². The lowest BCUT2D eigenvalue weighted by atomic mass is 10.0. The van der Waals surface area contributed by atoms with Crippen molar-refractivity contribution in [1.29, 1.82) is 0 Å². The first-order chi connectivity index (χ1) is 18.8. The monoisotopic (exact) mass is 562 g/mol. The molecule has 4 unspecified atom stereocenters. The van der Waals surface area contributed by atoms with E-state index in [-0.39, 0.29) is 56.9 Å². The van der Waals surface area contributed by atoms with E-state index in [0.717, 1.165) is 5.56 Å². The molecule has 14 heteroatoms. The van der Waals surface area contributed by atoms with Crippen LogP contribution in [-0.4, -0.2) is 71.4 Å². The molecule has 4 amide bonds. The van der Waals surface area contributed by atoms with Crippen LogP contribution in [0.4, 0.5) is 0 Å². The lowest BCUT2D eigenvalue weighted by molar-refractivity contribution is -0.142. The number of rotatable bonds is 18. The van der Waals surface area contributed by atoms with Gasteiger partial charge in [0.1, 0.15) is 18.1 Å². The summed E-state index contributed by atoms with van der Waals surface area (Å²) in [4.78, 5) is 65.9. The van der Waals surface area contributed by atoms with Crippen LogP contribution >= 0.6 is 0 Å². The average molecular weight is 563 g/mol. The first-order valence-corrected chi connectivity index (χ1v) is 13.1. The van der Waals surface area contributed by atoms with E-state index < -0.39 is 53.8 Å². The number of hydrogen-bond donors (Lipinski definition) is 8. The van der Waals surface area contributed by atoms with Crippen molar-refractivity contribution in [3.8, 4) is 0 Å². The molecule has 4 atom stereocenters. The quantitative estimate of drug-likeness (QED) is 0.0585. The van der Waals surface area contributed by atoms with Crippen molar-refractivity contribution >= 4 is 35.6 Å². The molecule has 222 valence electrons. The molecular weight excluding hydrogens is 520 g/mol. The maximum atomic E-state index is 13.2. The zero-order chi connectivity index (χ0) is 30.2. The molecule has 0 fully saturated rings. The number of aliphatic carboxylic acids is 1. The van der Waals surface area contributed by atoms with E-state index in [1.54, 1.807) is 0 Å². The van der Waals surface area contributed by atoms with E-state index in [1.165, 1.54) is 0 Å². The maximum absolute atomic E-state index is 13.2. The number of primary amides is 1. The van der Waals surface area contributed by atoms with Gasteiger partial charge in [-0.3, -0.25) is 24.2 Å². The fourth-order valence-corrected chi connectivity index (χ4v) is 3.80. The Morgan fingerprint density at radius 1 is 0.850 bits per heavy atom. The number of aliphatic imine (C=N–C) groups is 1. The molecule has 0 radical (unpaired) electrons. The van der Waals surface area contributed by atoms with E-state index in [1.807, 2.05) is 44.2 Å². The fraction of sp³-hybridized carbons (Fsp3) is 0.538. The molecule has 0 spiro atoms. The number of carbonyl (C=O) groups is 5. The molecule has 0 aromatic heterocycles. The Labute approximate surface area is 233 Å². The third-order valence-corrected chi connectivity index (χ3v) is 5.85. The van der Waals surface area contributed by atoms with Crippen LogP contribution in [0.25, 0.3) is 0 Å². The summed E-state index contributed by atoms with van der Waals surface area (Å²) in [6.45, 7) is 3.87. The van der Waals surface area contributed by atoms with E-state index >= 15 is 0 Å². The van der Waals surface area contributed by atoms with Gasteiger partial charge >= 0.3 is 5.97 Å². The van der Waals surface area contributed by atoms with Crippen LogP contribution in [0.2, 0.25) is 0 Å². The minimum atomic E-state index is -1.30. The zero-order valence-electron chi connectivity index (χ0n) is 23.0. The SMILES string of the molecule is CC(C)CC(NC(=O)C(N)Cc1ccccc1)C(=O)NC(CCC(N)=O)C(=O)NC(CCCN=C(N)N)C(=O)O. The van der Waals surface area contributed by atoms with E-state index in [0.29, 0.717) is 0 Å². The van der Waals surface area contributed by atoms with Gasteiger partial charge in [-0.1, -0.05) is 44.2 Å². The highest BCUT2D eigenvalue weighted by Gasteiger charge is 2.30. The van der Waals surface area contributed by atoms with E-state index in [2.05, 4.69) is 20.9 Å². The van der Waals surface area contributed by atoms with Gasteiger partial charge in [-0.2, -0.15) is 0 Å². The summed E-state index contributed by atoms with van der Waals surface area (Å²) in [5.74, 6) is -4.21. The largest absolute Gasteiger partial charge is 0.480 e. The normalized spacial score (nSPS) is 13.8. The lowest BCUT2D eigenvalue weighted by Gasteiger charge is -2.26. The number of guanidine groups is 1. The van der Waals surface area contributed by atoms with Crippen LogP contribution < -0.4 is 38.9 Å². The van der Waals surface area contributed by atoms with Crippen LogP contribution in [0.5, 0.6) is 0 Å². The summed E-state index contributed by atoms with van der Waals surface area (Å²) in [7, 11) is 0. The molecule has 12 N–H and O–H groups in total. The number of amides is 4. The molecular formula is C26H42N8O6. The van der Waals surface area contributed by atoms with Crippen LogP contribution in [0.3, 0.4) is 0 Å². The van der Waals surface area contributed by atoms with Crippen LogP contribution in [0, 0.1) is 5.92 Å². The molecule has 40 heavy (non-hydrogen) atoms. The molecule has 14 nitrogen and oxygen atoms in total. The Bertz CT molecular complexity index is 1030. The third kappa shape index (κ3) is 13.6. The molecule has 0 saturated carbocycles. The summed E-state index contributed by atoms with van der Waals surface area (Å²) in [6.07, 6.45) is 0.347. The third-order valence-electron chi connectivity index (χ3n) is 5.85. The van der Waals surface area contributed by atoms with Gasteiger partial charge in [0.2, 0.25) is 23.6 Å². The highest BCUT2D eigenvalue weighted by Crippen LogP contribution is 2.09. The number of benzene rings is 1. The van der Waals surface area contributed by atoms with Crippen molar-refractivity contribution in [3.63, 3.8) is 0 Å². The van der Waals surface area contributed by atoms with E-state index in [9.17, 15) is 29.1 Å². The Morgan fingerprint density at radius 3 is 1.98 bits per heavy atom. The Kier molecular flexibility index (Phi) is 14.7. The molecule has 1 aromatic carbocycles. The number of carbonyl (C=O) groups excluding carboxylic acids is 4. The highest BCUT2D eigenvalue weighted by atomic mass is 16.4. The van der Waals surface area contributed by atoms with Gasteiger partial charge in [0.15, 0.2) is 5.96 Å². The predicted molar refractivity (Wildman–Crippen MR) is 149 cm³/mol. The summed E-state index contributed by atoms with van der Waals surface area (Å²) < 4.78 is 0. The Balaban J connectivity index is 2.97. The minimum Gasteiger partial charge on any atom is -0.480 e. The topological polar surface area (TPSA) is 258 Å². The molecule has 0 heterocycles. The van der Waals surface area contributed by atoms with Crippen LogP contribution in [0.1, 0.15) is 51.5 Å². The van der Waals surface area contributed by atoms with Crippen molar-refractivity contribution in [2.24, 2.45) is 33.8 Å². The summed E-state index contributed by atoms with van der Waals surface area (Å²) in [5.41, 5.74) is 22.7. The summed E-state index contributed by atoms with van der Waals surface area (Å²) >= 11 is 0. The van der Waals surface area contributed by atoms with Gasteiger partial charge in [-0.15, -0.1) is 0 Å². The molecule has 1 rings (SSSR count). The number of carboxylic acids is 1. The van der Waals surface area contributed by atoms with Crippen LogP contribution in [0.15, 0.2) is 35.3 Å². The number of carboxylic acid groups (broad SMARTS) is 1. The average Bonchev–Trinajstić information content (AvgIpc) is 2.87. The van der Waals surface area contributed by atoms with Gasteiger partial charge in [-0.05, 0) is 43.6 Å². The van der Waals surface area contributed by atoms with Crippen molar-refractivity contribution in [3.05, 3.63) is 35.9 Å². The molecule has 0 aliphatic carbocycles. The number of nitrogens with two attached hydrogens (primary N) is 4. The van der Waals surface area contributed by atoms with Crippen molar-refractivity contribution in [2.75, 3.05) is 6.54 Å². The first kappa shape index (κ1) is 33.8. The standard InChI is InChI=1S/C26H42N8O6/c1-15(2)13-20(34-22(36)17(27)14-16-7-4-3-5-8-16)24(38)32-18(10-11-21(28)35)23(37)33-19(25(39)40)9-6-12-31-26(29)30/h3-5,7-8,15,17-20H,6,9-14,27H2,1-2H3,(H2,28,35)(H,32,38)(H,33,37)(H,34,36)(H,39,40)(H4,29,30,31). The predicted octanol–water partition coefficient (Wildman–Crippen LogP) is -1.54. The number of nitrogens with zero attached hydrogens (tertiary/aromatic N) is 1. The van der Waals surface area contributed by atoms with Gasteiger partial charge in [0.05, 0.1) is 6.04 Å². The minimum absolute atomic E-state index is 0.0131. The lowest BCUT2D eigenvalue weighted by Crippen LogP contribution is -2.57. The molecule has 0 aliphatic rings. The zero-order valence-corrected chi connectivity index (χ0v) is 23.0. The molecule has 0 bridgehead atoms. The smallest absolute Gasteiger partial charge is 0.326 e. The van der Waals surface area contributed by atoms with E-state index in [4.69, 9.17) is 22.9 Å². The summed E-state index contributed by atoms with van der Waals surface area (Å²) in [5, 5.41) is 17.1. The Hall–Kier alpha value is -4.20. The maximum Gasteiger partial charge on any atom is 0.326 e. The molecule has 0 saturated heterocycles. The number of nitrogens with one attached hydrogen (secondary N) is 3. The Morgan fingerprint density at radius 2 is 1.43 bits per heavy atom. The van der Waals surface area contributed by atoms with Gasteiger partial charge < -0.3 is 44.0 Å². The highest BCUT2D eigenvalue weighted by molar-refractivity contribution is 5.94. The van der Waals surface area contributed by atoms with Gasteiger partial charge in [0.25, 0.3) is 0 Å². The second-order valence-corrected chi connectivity index (χ2v) is 9.90. The first-order valence-electron chi connectivity index (χ1n) is 13.1. The summed E-state index contributed by atoms with van der Waals surface area (Å²) in [6, 6.07) is 4.62. The van der Waals surface area contributed by atoms with Gasteiger partial charge in [0, 0.05) is 13.0 Å². The second kappa shape index (κ2) is 17.4. The fourth-order valence-electron chi connectivity index (χ4n) is 3.80. The molecule has 1 aromatic rings. The van der Waals surface area contributed by atoms with Crippen LogP contribution in [-0.2, 0) is 30.4 Å². The second-order valence-electron chi connectivity index (χ2n) is 9.90. The van der Waals surface area contributed by atoms with Gasteiger partial charge in [-0.25, -0.2) is 4.79 Å².